The third-order valence-corrected chi connectivity index (χ3v) is 5.57. The van der Waals surface area contributed by atoms with Crippen LogP contribution in [0.1, 0.15) is 25.2 Å². The molecule has 3 nitrogen and oxygen atoms in total. The molecule has 3 heterocycles. The Hall–Kier alpha value is -3.17. The number of rotatable bonds is 4. The van der Waals surface area contributed by atoms with Crippen LogP contribution in [0, 0.1) is 24.0 Å². The number of hydrogen-bond donors (Lipinski definition) is 0. The van der Waals surface area contributed by atoms with E-state index in [1.807, 2.05) is 62.4 Å². The molecule has 0 aliphatic carbocycles. The van der Waals surface area contributed by atoms with E-state index >= 15 is 0 Å². The van der Waals surface area contributed by atoms with Gasteiger partial charge < -0.3 is 14.4 Å². The van der Waals surface area contributed by atoms with Crippen LogP contribution in [-0.4, -0.2) is 9.97 Å². The number of furan rings is 1. The number of benzene rings is 2. The van der Waals surface area contributed by atoms with Gasteiger partial charge in [0, 0.05) is 40.3 Å². The van der Waals surface area contributed by atoms with Crippen molar-refractivity contribution in [2.45, 2.75) is 19.3 Å². The van der Waals surface area contributed by atoms with Crippen molar-refractivity contribution in [2.24, 2.45) is 0 Å². The van der Waals surface area contributed by atoms with Gasteiger partial charge in [-0.25, -0.2) is 0 Å². The van der Waals surface area contributed by atoms with Gasteiger partial charge in [0.05, 0.1) is 0 Å². The molecule has 5 rings (SSSR count). The monoisotopic (exact) mass is 619 g/mol. The number of pyridine rings is 2. The first-order chi connectivity index (χ1) is 15.4. The van der Waals surface area contributed by atoms with Crippen LogP contribution in [0.25, 0.3) is 33.5 Å². The minimum absolute atomic E-state index is 0. The predicted molar refractivity (Wildman–Crippen MR) is 119 cm³/mol. The summed E-state index contributed by atoms with van der Waals surface area (Å²) in [7, 11) is 0. The van der Waals surface area contributed by atoms with E-state index in [0.717, 1.165) is 40.1 Å². The second kappa shape index (κ2) is 8.99. The van der Waals surface area contributed by atoms with Gasteiger partial charge in [0.25, 0.3) is 0 Å². The number of aromatic nitrogens is 2. The SMILES string of the molecule is CC(C)(c1cccc(-c2[c-]cc(F)cc2F)n1)c1cccc(-c2[c-]oc3ccccc23)n1.[Pt+2]. The number of halogens is 2. The smallest absolute Gasteiger partial charge is 0.557 e. The molecule has 6 heteroatoms. The van der Waals surface area contributed by atoms with Crippen LogP contribution in [0.5, 0.6) is 0 Å². The Morgan fingerprint density at radius 2 is 1.45 bits per heavy atom. The zero-order valence-corrected chi connectivity index (χ0v) is 20.1. The molecule has 0 amide bonds. The largest absolute Gasteiger partial charge is 2.00 e. The molecule has 0 aliphatic heterocycles. The van der Waals surface area contributed by atoms with Crippen LogP contribution in [0.15, 0.2) is 77.2 Å². The van der Waals surface area contributed by atoms with Crippen molar-refractivity contribution in [1.82, 2.24) is 9.97 Å². The Balaban J connectivity index is 0.00000259. The average Bonchev–Trinajstić information content (AvgIpc) is 3.23. The average molecular weight is 620 g/mol. The third-order valence-electron chi connectivity index (χ3n) is 5.57. The number of nitrogens with zero attached hydrogens (tertiary/aromatic N) is 2. The topological polar surface area (TPSA) is 38.9 Å². The first kappa shape index (κ1) is 23.0. The van der Waals surface area contributed by atoms with Gasteiger partial charge >= 0.3 is 21.1 Å². The summed E-state index contributed by atoms with van der Waals surface area (Å²) in [6.45, 7) is 4.01. The van der Waals surface area contributed by atoms with Crippen LogP contribution in [-0.2, 0) is 26.5 Å². The van der Waals surface area contributed by atoms with Gasteiger partial charge in [-0.3, -0.25) is 8.78 Å². The van der Waals surface area contributed by atoms with Crippen LogP contribution in [0.2, 0.25) is 0 Å². The number of fused-ring (bicyclic) bond motifs is 1. The maximum atomic E-state index is 14.3. The van der Waals surface area contributed by atoms with Gasteiger partial charge in [-0.1, -0.05) is 65.0 Å². The second-order valence-electron chi connectivity index (χ2n) is 8.06. The minimum atomic E-state index is -0.699. The number of para-hydroxylation sites is 1. The van der Waals surface area contributed by atoms with Crippen LogP contribution in [0.4, 0.5) is 8.78 Å². The molecule has 0 spiro atoms. The van der Waals surface area contributed by atoms with Crippen molar-refractivity contribution in [3.8, 4) is 22.5 Å². The molecule has 33 heavy (non-hydrogen) atoms. The van der Waals surface area contributed by atoms with E-state index in [4.69, 9.17) is 9.40 Å². The van der Waals surface area contributed by atoms with E-state index in [0.29, 0.717) is 11.4 Å². The predicted octanol–water partition coefficient (Wildman–Crippen LogP) is 6.76. The first-order valence-electron chi connectivity index (χ1n) is 10.2. The molecular weight excluding hydrogens is 601 g/mol. The summed E-state index contributed by atoms with van der Waals surface area (Å²) < 4.78 is 33.1. The summed E-state index contributed by atoms with van der Waals surface area (Å²) in [5.74, 6) is -1.37. The minimum Gasteiger partial charge on any atom is -0.557 e. The summed E-state index contributed by atoms with van der Waals surface area (Å²) >= 11 is 0. The standard InChI is InChI=1S/C27H18F2N2O.Pt/c1-27(2,25-11-5-8-22(30-25)19-14-13-17(28)15-21(19)29)26-12-6-9-23(31-26)20-16-32-24-10-4-3-7-18(20)24;/h3-13,15H,1-2H3;/q-2;+2. The zero-order valence-electron chi connectivity index (χ0n) is 17.8. The summed E-state index contributed by atoms with van der Waals surface area (Å²) in [4.78, 5) is 9.55. The van der Waals surface area contributed by atoms with E-state index in [9.17, 15) is 8.78 Å². The van der Waals surface area contributed by atoms with E-state index in [2.05, 4.69) is 17.3 Å². The Morgan fingerprint density at radius 3 is 2.12 bits per heavy atom. The quantitative estimate of drug-likeness (QED) is 0.209. The van der Waals surface area contributed by atoms with Gasteiger partial charge in [0.2, 0.25) is 0 Å². The third kappa shape index (κ3) is 4.26. The van der Waals surface area contributed by atoms with E-state index < -0.39 is 17.0 Å². The molecule has 0 fully saturated rings. The first-order valence-corrected chi connectivity index (χ1v) is 10.2. The molecular formula is C27H18F2N2OPt. The Kier molecular flexibility index (Phi) is 6.27. The maximum absolute atomic E-state index is 14.3. The van der Waals surface area contributed by atoms with Crippen molar-refractivity contribution in [3.05, 3.63) is 108 Å². The van der Waals surface area contributed by atoms with Crippen molar-refractivity contribution in [1.29, 1.82) is 0 Å². The van der Waals surface area contributed by atoms with Gasteiger partial charge in [-0.15, -0.1) is 18.2 Å². The normalized spacial score (nSPS) is 11.4. The molecule has 3 aromatic heterocycles. The van der Waals surface area contributed by atoms with E-state index in [-0.39, 0.29) is 26.6 Å². The van der Waals surface area contributed by atoms with Crippen molar-refractivity contribution in [3.63, 3.8) is 0 Å². The Bertz CT molecular complexity index is 1450. The summed E-state index contributed by atoms with van der Waals surface area (Å²) in [5.41, 5.74) is 3.73. The fraction of sp³-hybridized carbons (Fsp3) is 0.111. The summed E-state index contributed by atoms with van der Waals surface area (Å²) in [6, 6.07) is 23.5. The molecule has 0 atom stereocenters. The maximum Gasteiger partial charge on any atom is 2.00 e. The van der Waals surface area contributed by atoms with Crippen LogP contribution < -0.4 is 0 Å². The number of hydrogen-bond acceptors (Lipinski definition) is 3. The fourth-order valence-corrected chi connectivity index (χ4v) is 3.73. The second-order valence-corrected chi connectivity index (χ2v) is 8.06. The van der Waals surface area contributed by atoms with Crippen molar-refractivity contribution >= 4 is 11.0 Å². The molecule has 0 N–H and O–H groups in total. The van der Waals surface area contributed by atoms with Crippen LogP contribution >= 0.6 is 0 Å². The Morgan fingerprint density at radius 1 is 0.818 bits per heavy atom. The fourth-order valence-electron chi connectivity index (χ4n) is 3.73. The Labute approximate surface area is 204 Å². The molecule has 166 valence electrons. The van der Waals surface area contributed by atoms with Gasteiger partial charge in [0.1, 0.15) is 0 Å². The molecule has 0 unspecified atom stereocenters. The van der Waals surface area contributed by atoms with Crippen molar-refractivity contribution < 1.29 is 34.3 Å². The van der Waals surface area contributed by atoms with Gasteiger partial charge in [-0.05, 0) is 37.4 Å². The molecule has 0 bridgehead atoms. The molecule has 0 saturated carbocycles. The van der Waals surface area contributed by atoms with Crippen molar-refractivity contribution in [2.75, 3.05) is 0 Å². The van der Waals surface area contributed by atoms with E-state index in [1.165, 1.54) is 0 Å². The van der Waals surface area contributed by atoms with E-state index in [1.54, 1.807) is 12.1 Å². The summed E-state index contributed by atoms with van der Waals surface area (Å²) in [5, 5.41) is 0.942. The van der Waals surface area contributed by atoms with Gasteiger partial charge in [0.15, 0.2) is 0 Å². The molecule has 0 radical (unpaired) electrons. The molecule has 0 aliphatic rings. The molecule has 2 aromatic carbocycles. The molecule has 0 saturated heterocycles. The molecule has 5 aromatic rings. The summed E-state index contributed by atoms with van der Waals surface area (Å²) in [6.07, 6.45) is 2.96. The van der Waals surface area contributed by atoms with Gasteiger partial charge in [-0.2, -0.15) is 0 Å². The zero-order chi connectivity index (χ0) is 22.3. The van der Waals surface area contributed by atoms with Crippen LogP contribution in [0.3, 0.4) is 0 Å².